The highest BCUT2D eigenvalue weighted by molar-refractivity contribution is 7.06. The molecule has 2 aromatic rings. The van der Waals surface area contributed by atoms with Crippen molar-refractivity contribution in [3.8, 4) is 0 Å². The van der Waals surface area contributed by atoms with Gasteiger partial charge in [-0.05, 0) is 30.1 Å². The van der Waals surface area contributed by atoms with Crippen molar-refractivity contribution in [1.29, 1.82) is 0 Å². The van der Waals surface area contributed by atoms with Crippen LogP contribution in [0.3, 0.4) is 0 Å². The van der Waals surface area contributed by atoms with Crippen molar-refractivity contribution in [2.45, 2.75) is 33.2 Å². The first-order valence-electron chi connectivity index (χ1n) is 8.18. The van der Waals surface area contributed by atoms with Crippen LogP contribution >= 0.6 is 0 Å². The van der Waals surface area contributed by atoms with Crippen molar-refractivity contribution in [3.05, 3.63) is 83.1 Å². The topological polar surface area (TPSA) is 0 Å². The SMILES string of the molecule is CCC1=C([Si](C)(c2ccccc2)c2ccc(C)cc2)CC=C1. The molecule has 0 amide bonds. The monoisotopic (exact) mass is 304 g/mol. The lowest BCUT2D eigenvalue weighted by Crippen LogP contribution is -2.57. The Labute approximate surface area is 135 Å². The fourth-order valence-corrected chi connectivity index (χ4v) is 7.73. The molecule has 1 aliphatic carbocycles. The van der Waals surface area contributed by atoms with Crippen molar-refractivity contribution in [2.24, 2.45) is 0 Å². The Bertz CT molecular complexity index is 707. The first kappa shape index (κ1) is 15.0. The predicted octanol–water partition coefficient (Wildman–Crippen LogP) is 4.39. The fraction of sp³-hybridized carbons (Fsp3) is 0.238. The molecule has 22 heavy (non-hydrogen) atoms. The van der Waals surface area contributed by atoms with E-state index in [1.54, 1.807) is 10.8 Å². The minimum atomic E-state index is -1.86. The number of hydrogen-bond donors (Lipinski definition) is 0. The van der Waals surface area contributed by atoms with Crippen LogP contribution in [0.4, 0.5) is 0 Å². The first-order chi connectivity index (χ1) is 10.7. The Kier molecular flexibility index (Phi) is 4.17. The molecule has 0 bridgehead atoms. The molecule has 3 rings (SSSR count). The van der Waals surface area contributed by atoms with E-state index in [0.717, 1.165) is 12.8 Å². The predicted molar refractivity (Wildman–Crippen MR) is 99.6 cm³/mol. The number of aryl methyl sites for hydroxylation is 1. The highest BCUT2D eigenvalue weighted by atomic mass is 28.3. The van der Waals surface area contributed by atoms with Gasteiger partial charge in [0.25, 0.3) is 0 Å². The molecule has 0 radical (unpaired) electrons. The van der Waals surface area contributed by atoms with E-state index in [1.807, 2.05) is 0 Å². The zero-order valence-corrected chi connectivity index (χ0v) is 14.8. The van der Waals surface area contributed by atoms with E-state index < -0.39 is 8.07 Å². The summed E-state index contributed by atoms with van der Waals surface area (Å²) in [7, 11) is -1.86. The van der Waals surface area contributed by atoms with Gasteiger partial charge >= 0.3 is 0 Å². The van der Waals surface area contributed by atoms with Crippen molar-refractivity contribution in [2.75, 3.05) is 0 Å². The normalized spacial score (nSPS) is 16.9. The van der Waals surface area contributed by atoms with Gasteiger partial charge in [0.05, 0.1) is 0 Å². The van der Waals surface area contributed by atoms with Gasteiger partial charge in [-0.2, -0.15) is 0 Å². The molecule has 0 fully saturated rings. The van der Waals surface area contributed by atoms with Crippen LogP contribution in [0.25, 0.3) is 0 Å². The average Bonchev–Trinajstić information content (AvgIpc) is 3.05. The van der Waals surface area contributed by atoms with Crippen molar-refractivity contribution in [3.63, 3.8) is 0 Å². The Morgan fingerprint density at radius 3 is 2.18 bits per heavy atom. The first-order valence-corrected chi connectivity index (χ1v) is 10.7. The van der Waals surface area contributed by atoms with Crippen LogP contribution in [-0.4, -0.2) is 8.07 Å². The van der Waals surface area contributed by atoms with Crippen LogP contribution in [-0.2, 0) is 0 Å². The molecule has 0 N–H and O–H groups in total. The molecule has 0 aromatic heterocycles. The van der Waals surface area contributed by atoms with E-state index in [2.05, 4.69) is 87.1 Å². The Morgan fingerprint density at radius 2 is 1.55 bits per heavy atom. The molecule has 0 nitrogen and oxygen atoms in total. The Balaban J connectivity index is 2.21. The molecule has 1 aliphatic rings. The van der Waals surface area contributed by atoms with E-state index in [9.17, 15) is 0 Å². The minimum Gasteiger partial charge on any atom is -0.0806 e. The molecule has 0 aliphatic heterocycles. The van der Waals surface area contributed by atoms with Crippen molar-refractivity contribution >= 4 is 18.4 Å². The highest BCUT2D eigenvalue weighted by Gasteiger charge is 2.37. The van der Waals surface area contributed by atoms with Crippen LogP contribution in [0.5, 0.6) is 0 Å². The lowest BCUT2D eigenvalue weighted by Gasteiger charge is -2.32. The fourth-order valence-electron chi connectivity index (χ4n) is 3.58. The second-order valence-corrected chi connectivity index (χ2v) is 10.3. The number of rotatable bonds is 4. The van der Waals surface area contributed by atoms with Crippen LogP contribution in [0.15, 0.2) is 77.5 Å². The van der Waals surface area contributed by atoms with Gasteiger partial charge in [0, 0.05) is 0 Å². The van der Waals surface area contributed by atoms with Gasteiger partial charge in [-0.15, -0.1) is 0 Å². The van der Waals surface area contributed by atoms with E-state index in [1.165, 1.54) is 15.9 Å². The van der Waals surface area contributed by atoms with Gasteiger partial charge in [-0.1, -0.05) is 96.6 Å². The summed E-state index contributed by atoms with van der Waals surface area (Å²) in [6.07, 6.45) is 6.94. The molecular formula is C21H24Si. The highest BCUT2D eigenvalue weighted by Crippen LogP contribution is 2.30. The lowest BCUT2D eigenvalue weighted by atomic mass is 10.2. The molecule has 1 unspecified atom stereocenters. The summed E-state index contributed by atoms with van der Waals surface area (Å²) in [6.45, 7) is 6.96. The smallest absolute Gasteiger partial charge is 0.0806 e. The van der Waals surface area contributed by atoms with E-state index >= 15 is 0 Å². The third kappa shape index (κ3) is 2.50. The number of allylic oxidation sites excluding steroid dienone is 4. The van der Waals surface area contributed by atoms with Crippen LogP contribution in [0.1, 0.15) is 25.3 Å². The zero-order chi connectivity index (χ0) is 15.6. The summed E-state index contributed by atoms with van der Waals surface area (Å²) in [5, 5.41) is 4.72. The summed E-state index contributed by atoms with van der Waals surface area (Å²) in [4.78, 5) is 0. The van der Waals surface area contributed by atoms with E-state index in [0.29, 0.717) is 0 Å². The van der Waals surface area contributed by atoms with Gasteiger partial charge in [0.2, 0.25) is 0 Å². The number of hydrogen-bond acceptors (Lipinski definition) is 0. The van der Waals surface area contributed by atoms with Crippen molar-refractivity contribution in [1.82, 2.24) is 0 Å². The third-order valence-corrected chi connectivity index (χ3v) is 9.70. The maximum Gasteiger partial charge on any atom is 0.141 e. The van der Waals surface area contributed by atoms with Crippen LogP contribution in [0.2, 0.25) is 6.55 Å². The summed E-state index contributed by atoms with van der Waals surface area (Å²) in [6, 6.07) is 20.4. The number of benzene rings is 2. The summed E-state index contributed by atoms with van der Waals surface area (Å²) < 4.78 is 0. The van der Waals surface area contributed by atoms with E-state index in [4.69, 9.17) is 0 Å². The second kappa shape index (κ2) is 6.10. The molecule has 0 heterocycles. The molecule has 0 saturated heterocycles. The largest absolute Gasteiger partial charge is 0.141 e. The van der Waals surface area contributed by atoms with Crippen molar-refractivity contribution < 1.29 is 0 Å². The standard InChI is InChI=1S/C21H24Si/c1-4-18-9-8-12-21(18)22(3,19-10-6-5-7-11-19)20-15-13-17(2)14-16-20/h5-11,13-16H,4,12H2,1-3H3. The van der Waals surface area contributed by atoms with Gasteiger partial charge in [-0.25, -0.2) is 0 Å². The Hall–Kier alpha value is -1.86. The van der Waals surface area contributed by atoms with Gasteiger partial charge < -0.3 is 0 Å². The van der Waals surface area contributed by atoms with Crippen LogP contribution in [0, 0.1) is 6.92 Å². The third-order valence-electron chi connectivity index (χ3n) is 4.99. The molecule has 0 saturated carbocycles. The molecule has 0 spiro atoms. The molecule has 1 atom stereocenters. The Morgan fingerprint density at radius 1 is 0.909 bits per heavy atom. The molecule has 112 valence electrons. The van der Waals surface area contributed by atoms with Gasteiger partial charge in [0.15, 0.2) is 0 Å². The maximum absolute atomic E-state index is 2.52. The lowest BCUT2D eigenvalue weighted by molar-refractivity contribution is 1.14. The minimum absolute atomic E-state index is 1.12. The summed E-state index contributed by atoms with van der Waals surface area (Å²) in [5.74, 6) is 0. The van der Waals surface area contributed by atoms with Crippen LogP contribution < -0.4 is 10.4 Å². The summed E-state index contributed by atoms with van der Waals surface area (Å²) in [5.41, 5.74) is 2.89. The average molecular weight is 305 g/mol. The second-order valence-electron chi connectivity index (χ2n) is 6.32. The molecule has 2 aromatic carbocycles. The zero-order valence-electron chi connectivity index (χ0n) is 13.8. The summed E-state index contributed by atoms with van der Waals surface area (Å²) >= 11 is 0. The van der Waals surface area contributed by atoms with Gasteiger partial charge in [0.1, 0.15) is 8.07 Å². The van der Waals surface area contributed by atoms with Gasteiger partial charge in [-0.3, -0.25) is 0 Å². The molecular weight excluding hydrogens is 280 g/mol. The molecule has 1 heteroatoms. The van der Waals surface area contributed by atoms with E-state index in [-0.39, 0.29) is 0 Å². The maximum atomic E-state index is 2.52. The quantitative estimate of drug-likeness (QED) is 0.735.